The Labute approximate surface area is 236 Å². The van der Waals surface area contributed by atoms with E-state index >= 15 is 0 Å². The van der Waals surface area contributed by atoms with Crippen LogP contribution in [0, 0.1) is 6.65 Å². The van der Waals surface area contributed by atoms with Crippen molar-refractivity contribution < 1.29 is 33.5 Å². The second-order valence-electron chi connectivity index (χ2n) is 8.57. The van der Waals surface area contributed by atoms with Gasteiger partial charge in [-0.25, -0.2) is 8.42 Å². The number of nitrogens with zero attached hydrogens (tertiary/aromatic N) is 3. The van der Waals surface area contributed by atoms with Crippen LogP contribution in [0.1, 0.15) is 17.0 Å². The predicted molar refractivity (Wildman–Crippen MR) is 143 cm³/mol. The summed E-state index contributed by atoms with van der Waals surface area (Å²) in [7, 11) is -3.95. The van der Waals surface area contributed by atoms with E-state index in [0.29, 0.717) is 13.1 Å². The minimum atomic E-state index is -3.95. The minimum Gasteiger partial charge on any atom is -0.560 e. The summed E-state index contributed by atoms with van der Waals surface area (Å²) in [5.41, 5.74) is 3.04. The number of hydrogen-bond acceptors (Lipinski definition) is 5. The maximum absolute atomic E-state index is 11.5. The molecule has 0 spiro atoms. The van der Waals surface area contributed by atoms with Crippen LogP contribution in [0.2, 0.25) is 0 Å². The molecule has 0 aliphatic carbocycles. The third kappa shape index (κ3) is 7.19. The zero-order valence-corrected chi connectivity index (χ0v) is 24.0. The molecule has 0 fully saturated rings. The molecule has 38 heavy (non-hydrogen) atoms. The van der Waals surface area contributed by atoms with Gasteiger partial charge in [0.15, 0.2) is 0 Å². The first kappa shape index (κ1) is 29.3. The summed E-state index contributed by atoms with van der Waals surface area (Å²) in [6.45, 7) is 6.56. The quantitative estimate of drug-likeness (QED) is 0.152. The van der Waals surface area contributed by atoms with E-state index in [4.69, 9.17) is 19.8 Å². The van der Waals surface area contributed by atoms with Gasteiger partial charge in [0.05, 0.1) is 21.4 Å². The summed E-state index contributed by atoms with van der Waals surface area (Å²) >= 11 is 0. The van der Waals surface area contributed by atoms with Gasteiger partial charge in [-0.15, -0.1) is 0 Å². The Morgan fingerprint density at radius 2 is 1.21 bits per heavy atom. The molecule has 2 heterocycles. The molecule has 3 aromatic carbocycles. The molecule has 0 saturated carbocycles. The van der Waals surface area contributed by atoms with E-state index < -0.39 is 10.0 Å². The van der Waals surface area contributed by atoms with E-state index in [2.05, 4.69) is 35.8 Å². The van der Waals surface area contributed by atoms with Gasteiger partial charge < -0.3 is 5.14 Å². The molecular weight excluding hydrogens is 671 g/mol. The smallest absolute Gasteiger partial charge is 0.0987 e. The molecule has 193 valence electrons. The number of nitrogens with one attached hydrogen (secondary N) is 1. The van der Waals surface area contributed by atoms with Gasteiger partial charge in [-0.05, 0) is 47.0 Å². The molecule has 7 nitrogen and oxygen atoms in total. The van der Waals surface area contributed by atoms with E-state index in [9.17, 15) is 8.42 Å². The number of aromatic nitrogens is 2. The molecule has 9 heteroatoms. The second-order valence-corrected chi connectivity index (χ2v) is 10.0. The number of hydrogen-bond donors (Lipinski definition) is 0. The standard InChI is InChI=1S/C28H25N4O2S.CO.Re/c29-35(33,34)24-11-9-21(10-12-24)15-18-32(19-27-25-7-3-1-5-22(25)13-16-30-27)20-28-26-8-4-2-6-23(26)14-17-31-28;1-2;/h1-14,16-17H,15,18-20H2,(H-,29,33,34);;/q-1;;. The van der Waals surface area contributed by atoms with Gasteiger partial charge in [0.2, 0.25) is 0 Å². The fourth-order valence-electron chi connectivity index (χ4n) is 4.38. The number of fused-ring (bicyclic) bond motifs is 2. The molecule has 0 aliphatic heterocycles. The predicted octanol–water partition coefficient (Wildman–Crippen LogP) is 5.73. The summed E-state index contributed by atoms with van der Waals surface area (Å²) in [5.74, 6) is 0. The molecule has 1 radical (unpaired) electrons. The van der Waals surface area contributed by atoms with Crippen molar-refractivity contribution in [2.75, 3.05) is 6.54 Å². The molecule has 0 amide bonds. The van der Waals surface area contributed by atoms with Crippen LogP contribution in [0.3, 0.4) is 0 Å². The largest absolute Gasteiger partial charge is 0.560 e. The van der Waals surface area contributed by atoms with Gasteiger partial charge in [-0.2, -0.15) is 0 Å². The Balaban J connectivity index is 0.00000130. The zero-order chi connectivity index (χ0) is 26.3. The van der Waals surface area contributed by atoms with Crippen molar-refractivity contribution >= 4 is 31.6 Å². The van der Waals surface area contributed by atoms with Crippen LogP contribution in [-0.4, -0.2) is 29.8 Å². The number of sulfonamides is 1. The Morgan fingerprint density at radius 3 is 1.68 bits per heavy atom. The Hall–Kier alpha value is -3.25. The molecular formula is C29H25N4O3ReS-. The minimum absolute atomic E-state index is 0. The summed E-state index contributed by atoms with van der Waals surface area (Å²) in [4.78, 5) is 11.7. The number of benzene rings is 3. The van der Waals surface area contributed by atoms with E-state index in [1.807, 2.05) is 48.8 Å². The second kappa shape index (κ2) is 13.5. The first-order valence-corrected chi connectivity index (χ1v) is 13.1. The van der Waals surface area contributed by atoms with Crippen molar-refractivity contribution in [3.63, 3.8) is 0 Å². The fraction of sp³-hybridized carbons (Fsp3) is 0.138. The van der Waals surface area contributed by atoms with Crippen molar-refractivity contribution in [3.8, 4) is 0 Å². The van der Waals surface area contributed by atoms with Crippen LogP contribution in [0.15, 0.2) is 102 Å². The van der Waals surface area contributed by atoms with E-state index in [-0.39, 0.29) is 25.3 Å². The number of pyridine rings is 2. The Kier molecular flexibility index (Phi) is 10.4. The van der Waals surface area contributed by atoms with E-state index in [1.165, 1.54) is 12.1 Å². The van der Waals surface area contributed by atoms with Crippen molar-refractivity contribution in [1.29, 1.82) is 0 Å². The summed E-state index contributed by atoms with van der Waals surface area (Å²) in [6, 6.07) is 27.1. The summed E-state index contributed by atoms with van der Waals surface area (Å²) in [6.07, 6.45) is 4.44. The van der Waals surface area contributed by atoms with Crippen LogP contribution in [0.4, 0.5) is 0 Å². The SMILES string of the molecule is [C-]#[O+].[NH-]S(=O)(=O)c1ccc(CCN(Cc2nccc3ccccc23)Cc2nccc3ccccc23)cc1.[Re]. The summed E-state index contributed by atoms with van der Waals surface area (Å²) < 4.78 is 30.5. The zero-order valence-electron chi connectivity index (χ0n) is 20.4. The maximum atomic E-state index is 11.5. The van der Waals surface area contributed by atoms with Gasteiger partial charge in [-0.1, -0.05) is 60.7 Å². The molecule has 2 aromatic heterocycles. The molecule has 0 aliphatic rings. The topological polar surface area (TPSA) is 107 Å². The third-order valence-corrected chi connectivity index (χ3v) is 7.10. The van der Waals surface area contributed by atoms with Gasteiger partial charge >= 0.3 is 11.3 Å². The molecule has 1 N–H and O–H groups in total. The maximum Gasteiger partial charge on any atom is 0.0987 e. The first-order valence-electron chi connectivity index (χ1n) is 11.6. The fourth-order valence-corrected chi connectivity index (χ4v) is 4.87. The third-order valence-electron chi connectivity index (χ3n) is 6.21. The van der Waals surface area contributed by atoms with Crippen molar-refractivity contribution in [2.45, 2.75) is 24.4 Å². The van der Waals surface area contributed by atoms with E-state index in [0.717, 1.165) is 51.5 Å². The number of rotatable bonds is 8. The van der Waals surface area contributed by atoms with Crippen LogP contribution >= 0.6 is 0 Å². The first-order chi connectivity index (χ1) is 18.0. The van der Waals surface area contributed by atoms with Gasteiger partial charge in [-0.3, -0.25) is 14.9 Å². The van der Waals surface area contributed by atoms with Gasteiger partial charge in [0.25, 0.3) is 0 Å². The van der Waals surface area contributed by atoms with Gasteiger partial charge in [0, 0.05) is 68.1 Å². The Bertz CT molecular complexity index is 1550. The van der Waals surface area contributed by atoms with Crippen LogP contribution in [0.5, 0.6) is 0 Å². The van der Waals surface area contributed by atoms with Crippen LogP contribution in [-0.2, 0) is 54.6 Å². The van der Waals surface area contributed by atoms with Crippen molar-refractivity contribution in [1.82, 2.24) is 14.9 Å². The van der Waals surface area contributed by atoms with Crippen LogP contribution < -0.4 is 0 Å². The van der Waals surface area contributed by atoms with E-state index in [1.54, 1.807) is 12.1 Å². The average Bonchev–Trinajstić information content (AvgIpc) is 2.93. The molecule has 5 rings (SSSR count). The van der Waals surface area contributed by atoms with Crippen molar-refractivity contribution in [3.05, 3.63) is 126 Å². The average molecular weight is 696 g/mol. The summed E-state index contributed by atoms with van der Waals surface area (Å²) in [5, 5.41) is 11.8. The molecule has 0 bridgehead atoms. The molecule has 0 atom stereocenters. The van der Waals surface area contributed by atoms with Crippen LogP contribution in [0.25, 0.3) is 26.7 Å². The van der Waals surface area contributed by atoms with Crippen molar-refractivity contribution in [2.24, 2.45) is 0 Å². The molecule has 5 aromatic rings. The molecule has 0 saturated heterocycles. The normalized spacial score (nSPS) is 11.1. The Morgan fingerprint density at radius 1 is 0.737 bits per heavy atom. The monoisotopic (exact) mass is 696 g/mol. The van der Waals surface area contributed by atoms with Gasteiger partial charge in [0.1, 0.15) is 0 Å². The molecule has 0 unspecified atom stereocenters.